The summed E-state index contributed by atoms with van der Waals surface area (Å²) in [6.45, 7) is 0.502. The van der Waals surface area contributed by atoms with Gasteiger partial charge >= 0.3 is 12.1 Å². The summed E-state index contributed by atoms with van der Waals surface area (Å²) in [4.78, 5) is 25.2. The zero-order valence-corrected chi connectivity index (χ0v) is 23.2. The molecule has 2 unspecified atom stereocenters. The summed E-state index contributed by atoms with van der Waals surface area (Å²) in [6.07, 6.45) is -1.11. The maximum atomic E-state index is 12.8. The fourth-order valence-corrected chi connectivity index (χ4v) is 4.93. The molecular weight excluding hydrogens is 534 g/mol. The van der Waals surface area contributed by atoms with Gasteiger partial charge in [0.2, 0.25) is 12.5 Å². The van der Waals surface area contributed by atoms with Crippen LogP contribution in [-0.4, -0.2) is 53.8 Å². The van der Waals surface area contributed by atoms with E-state index < -0.39 is 24.3 Å². The molecule has 11 nitrogen and oxygen atoms in total. The lowest BCUT2D eigenvalue weighted by Crippen LogP contribution is -2.26. The highest BCUT2D eigenvalue weighted by molar-refractivity contribution is 5.95. The number of ether oxygens (including phenoxy) is 8. The van der Waals surface area contributed by atoms with Gasteiger partial charge in [-0.1, -0.05) is 36.4 Å². The molecule has 3 aromatic carbocycles. The first-order valence-electron chi connectivity index (χ1n) is 12.9. The fourth-order valence-electron chi connectivity index (χ4n) is 4.93. The Morgan fingerprint density at radius 2 is 1.71 bits per heavy atom. The summed E-state index contributed by atoms with van der Waals surface area (Å²) in [7, 11) is 5.78. The van der Waals surface area contributed by atoms with Crippen LogP contribution in [0.4, 0.5) is 4.79 Å². The van der Waals surface area contributed by atoms with Crippen LogP contribution in [0.5, 0.6) is 28.7 Å². The maximum Gasteiger partial charge on any atom is 0.407 e. The lowest BCUT2D eigenvalue weighted by molar-refractivity contribution is 0.0594. The van der Waals surface area contributed by atoms with E-state index in [2.05, 4.69) is 5.32 Å². The van der Waals surface area contributed by atoms with Gasteiger partial charge in [0.05, 0.1) is 28.4 Å². The molecule has 216 valence electrons. The van der Waals surface area contributed by atoms with Gasteiger partial charge in [-0.3, -0.25) is 0 Å². The first kappa shape index (κ1) is 27.9. The lowest BCUT2D eigenvalue weighted by Gasteiger charge is -2.16. The predicted molar refractivity (Wildman–Crippen MR) is 145 cm³/mol. The normalized spacial score (nSPS) is 16.5. The summed E-state index contributed by atoms with van der Waals surface area (Å²) >= 11 is 0. The van der Waals surface area contributed by atoms with Crippen molar-refractivity contribution in [3.05, 3.63) is 76.3 Å². The van der Waals surface area contributed by atoms with Gasteiger partial charge in [-0.2, -0.15) is 0 Å². The highest BCUT2D eigenvalue weighted by atomic mass is 16.7. The number of epoxide rings is 1. The Hall–Kier alpha value is -4.64. The van der Waals surface area contributed by atoms with Crippen molar-refractivity contribution in [2.24, 2.45) is 0 Å². The minimum Gasteiger partial charge on any atom is -0.493 e. The molecule has 3 aromatic rings. The highest BCUT2D eigenvalue weighted by Gasteiger charge is 2.48. The molecule has 2 aliphatic rings. The molecule has 0 bridgehead atoms. The van der Waals surface area contributed by atoms with Crippen molar-refractivity contribution in [2.45, 2.75) is 25.2 Å². The molecule has 11 heteroatoms. The Bertz CT molecular complexity index is 1420. The number of amides is 1. The van der Waals surface area contributed by atoms with E-state index in [1.54, 1.807) is 12.1 Å². The van der Waals surface area contributed by atoms with E-state index in [4.69, 9.17) is 37.9 Å². The number of methoxy groups -OCH3 is 4. The van der Waals surface area contributed by atoms with E-state index in [1.807, 2.05) is 36.4 Å². The first-order valence-corrected chi connectivity index (χ1v) is 12.9. The zero-order chi connectivity index (χ0) is 28.9. The molecule has 2 atom stereocenters. The van der Waals surface area contributed by atoms with Crippen LogP contribution in [0.1, 0.15) is 44.8 Å². The third-order valence-corrected chi connectivity index (χ3v) is 6.87. The second-order valence-electron chi connectivity index (χ2n) is 9.19. The van der Waals surface area contributed by atoms with Gasteiger partial charge in [0.15, 0.2) is 23.0 Å². The molecule has 1 fully saturated rings. The predicted octanol–water partition coefficient (Wildman–Crippen LogP) is 4.51. The average molecular weight is 566 g/mol. The van der Waals surface area contributed by atoms with Gasteiger partial charge in [0, 0.05) is 17.7 Å². The first-order chi connectivity index (χ1) is 20.0. The van der Waals surface area contributed by atoms with E-state index in [0.29, 0.717) is 35.0 Å². The number of alkyl carbamates (subject to hydrolysis) is 1. The minimum atomic E-state index is -0.582. The van der Waals surface area contributed by atoms with Gasteiger partial charge in [-0.25, -0.2) is 9.59 Å². The Kier molecular flexibility index (Phi) is 8.34. The molecule has 0 spiro atoms. The fraction of sp³-hybridized carbons (Fsp3) is 0.333. The smallest absolute Gasteiger partial charge is 0.407 e. The standard InChI is InChI=1S/C30H31NO10/c1-34-20-11-10-19(23(25(20)35-2)29(32)37-4)24-28(41-24)22-18(14-21-26(27(22)36-3)40-16-39-21)12-13-31-30(33)38-15-17-8-6-5-7-9-17/h5-11,14,24,28H,12-13,15-16H2,1-4H3,(H,31,33). The monoisotopic (exact) mass is 565 g/mol. The zero-order valence-electron chi connectivity index (χ0n) is 23.2. The molecule has 41 heavy (non-hydrogen) atoms. The molecular formula is C30H31NO10. The van der Waals surface area contributed by atoms with Gasteiger partial charge in [-0.15, -0.1) is 0 Å². The molecule has 0 aromatic heterocycles. The summed E-state index contributed by atoms with van der Waals surface area (Å²) in [5.41, 5.74) is 3.23. The third kappa shape index (κ3) is 5.66. The quantitative estimate of drug-likeness (QED) is 0.262. The van der Waals surface area contributed by atoms with Gasteiger partial charge in [0.1, 0.15) is 24.4 Å². The molecule has 0 saturated carbocycles. The molecule has 0 aliphatic carbocycles. The second kappa shape index (κ2) is 12.3. The number of carbonyl (C=O) groups is 2. The largest absolute Gasteiger partial charge is 0.493 e. The van der Waals surface area contributed by atoms with E-state index in [9.17, 15) is 9.59 Å². The molecule has 2 heterocycles. The van der Waals surface area contributed by atoms with Crippen molar-refractivity contribution in [2.75, 3.05) is 41.8 Å². The molecule has 1 saturated heterocycles. The number of nitrogens with one attached hydrogen (secondary N) is 1. The lowest BCUT2D eigenvalue weighted by atomic mass is 9.93. The van der Waals surface area contributed by atoms with Gasteiger partial charge < -0.3 is 43.2 Å². The Labute approximate surface area is 237 Å². The van der Waals surface area contributed by atoms with Crippen LogP contribution in [0.2, 0.25) is 0 Å². The summed E-state index contributed by atoms with van der Waals surface area (Å²) in [5, 5.41) is 2.79. The summed E-state index contributed by atoms with van der Waals surface area (Å²) in [5.74, 6) is 1.53. The van der Waals surface area contributed by atoms with E-state index >= 15 is 0 Å². The SMILES string of the molecule is COC(=O)c1c(C2OC2c2c(CCNC(=O)OCc3ccccc3)cc3c(c2OC)OCO3)ccc(OC)c1OC. The Morgan fingerprint density at radius 1 is 0.927 bits per heavy atom. The molecule has 2 aliphatic heterocycles. The van der Waals surface area contributed by atoms with Crippen LogP contribution < -0.4 is 29.0 Å². The summed E-state index contributed by atoms with van der Waals surface area (Å²) in [6, 6.07) is 14.7. The van der Waals surface area contributed by atoms with Crippen LogP contribution in [0.25, 0.3) is 0 Å². The van der Waals surface area contributed by atoms with Crippen LogP contribution in [0.15, 0.2) is 48.5 Å². The van der Waals surface area contributed by atoms with Crippen molar-refractivity contribution in [1.29, 1.82) is 0 Å². The topological polar surface area (TPSA) is 123 Å². The number of benzene rings is 3. The highest BCUT2D eigenvalue weighted by Crippen LogP contribution is 2.59. The van der Waals surface area contributed by atoms with E-state index in [1.165, 1.54) is 28.4 Å². The summed E-state index contributed by atoms with van der Waals surface area (Å²) < 4.78 is 44.5. The van der Waals surface area contributed by atoms with Crippen LogP contribution >= 0.6 is 0 Å². The van der Waals surface area contributed by atoms with Crippen molar-refractivity contribution >= 4 is 12.1 Å². The average Bonchev–Trinajstić information content (AvgIpc) is 3.65. The minimum absolute atomic E-state index is 0.0514. The van der Waals surface area contributed by atoms with Crippen LogP contribution in [0, 0.1) is 0 Å². The third-order valence-electron chi connectivity index (χ3n) is 6.87. The van der Waals surface area contributed by atoms with E-state index in [0.717, 1.165) is 16.7 Å². The van der Waals surface area contributed by atoms with Crippen LogP contribution in [0.3, 0.4) is 0 Å². The molecule has 1 N–H and O–H groups in total. The molecule has 1 amide bonds. The van der Waals surface area contributed by atoms with Crippen LogP contribution in [-0.2, 0) is 27.2 Å². The number of esters is 1. The second-order valence-corrected chi connectivity index (χ2v) is 9.19. The van der Waals surface area contributed by atoms with Crippen molar-refractivity contribution in [1.82, 2.24) is 5.32 Å². The maximum absolute atomic E-state index is 12.8. The number of rotatable bonds is 11. The van der Waals surface area contributed by atoms with Crippen molar-refractivity contribution in [3.8, 4) is 28.7 Å². The van der Waals surface area contributed by atoms with Gasteiger partial charge in [-0.05, 0) is 29.7 Å². The van der Waals surface area contributed by atoms with Gasteiger partial charge in [0.25, 0.3) is 0 Å². The number of carbonyl (C=O) groups excluding carboxylic acids is 2. The van der Waals surface area contributed by atoms with Crippen molar-refractivity contribution in [3.63, 3.8) is 0 Å². The molecule has 0 radical (unpaired) electrons. The Morgan fingerprint density at radius 3 is 2.41 bits per heavy atom. The number of fused-ring (bicyclic) bond motifs is 1. The Balaban J connectivity index is 1.39. The number of hydrogen-bond acceptors (Lipinski definition) is 10. The molecule has 5 rings (SSSR count). The van der Waals surface area contributed by atoms with Crippen molar-refractivity contribution < 1.29 is 47.5 Å². The number of hydrogen-bond donors (Lipinski definition) is 1. The van der Waals surface area contributed by atoms with E-state index in [-0.39, 0.29) is 31.3 Å².